The van der Waals surface area contributed by atoms with Crippen LogP contribution in [0.3, 0.4) is 0 Å². The second-order valence-electron chi connectivity index (χ2n) is 3.10. The Morgan fingerprint density at radius 3 is 2.40 bits per heavy atom. The maximum Gasteiger partial charge on any atom is 0.209 e. The third-order valence-corrected chi connectivity index (χ3v) is 2.61. The molecule has 1 heterocycles. The van der Waals surface area contributed by atoms with E-state index in [2.05, 4.69) is 15.2 Å². The Balaban J connectivity index is 2.46. The minimum atomic E-state index is 0.715. The van der Waals surface area contributed by atoms with Gasteiger partial charge in [0.05, 0.1) is 5.69 Å². The molecule has 1 aromatic heterocycles. The Kier molecular flexibility index (Phi) is 2.97. The van der Waals surface area contributed by atoms with Crippen molar-refractivity contribution in [3.05, 3.63) is 36.0 Å². The molecule has 0 aliphatic rings. The molecule has 0 bridgehead atoms. The fourth-order valence-electron chi connectivity index (χ4n) is 1.33. The summed E-state index contributed by atoms with van der Waals surface area (Å²) in [6.07, 6.45) is 1.94. The minimum absolute atomic E-state index is 0.715. The van der Waals surface area contributed by atoms with Crippen molar-refractivity contribution in [3.8, 4) is 11.3 Å². The Labute approximate surface area is 93.0 Å². The molecular weight excluding hydrogens is 206 g/mol. The Bertz CT molecular complexity index is 457. The zero-order valence-corrected chi connectivity index (χ0v) is 9.45. The zero-order valence-electron chi connectivity index (χ0n) is 8.64. The number of thioether (sulfide) groups is 1. The first-order chi connectivity index (χ1) is 7.31. The molecule has 0 fully saturated rings. The largest absolute Gasteiger partial charge is 0.224 e. The van der Waals surface area contributed by atoms with Gasteiger partial charge < -0.3 is 0 Å². The summed E-state index contributed by atoms with van der Waals surface area (Å²) in [5.74, 6) is 0. The van der Waals surface area contributed by atoms with E-state index in [1.165, 1.54) is 11.8 Å². The standard InChI is InChI=1S/C11H11N3S/c1-8-10(9-6-4-3-5-7-9)13-14-11(12-8)15-2/h3-7H,1-2H3. The van der Waals surface area contributed by atoms with E-state index in [0.717, 1.165) is 17.0 Å². The number of hydrogen-bond donors (Lipinski definition) is 0. The lowest BCUT2D eigenvalue weighted by Crippen LogP contribution is -1.97. The molecule has 0 amide bonds. The summed E-state index contributed by atoms with van der Waals surface area (Å²) in [5.41, 5.74) is 2.83. The lowest BCUT2D eigenvalue weighted by atomic mass is 10.1. The summed E-state index contributed by atoms with van der Waals surface area (Å²) in [6.45, 7) is 1.96. The number of benzene rings is 1. The van der Waals surface area contributed by atoms with Crippen molar-refractivity contribution in [1.82, 2.24) is 15.2 Å². The van der Waals surface area contributed by atoms with Gasteiger partial charge >= 0.3 is 0 Å². The van der Waals surface area contributed by atoms with Crippen LogP contribution >= 0.6 is 11.8 Å². The molecule has 76 valence electrons. The maximum atomic E-state index is 4.36. The number of aryl methyl sites for hydroxylation is 1. The van der Waals surface area contributed by atoms with E-state index in [0.29, 0.717) is 5.16 Å². The van der Waals surface area contributed by atoms with Crippen LogP contribution in [-0.4, -0.2) is 21.4 Å². The van der Waals surface area contributed by atoms with E-state index in [1.807, 2.05) is 43.5 Å². The van der Waals surface area contributed by atoms with E-state index >= 15 is 0 Å². The van der Waals surface area contributed by atoms with Crippen LogP contribution in [-0.2, 0) is 0 Å². The summed E-state index contributed by atoms with van der Waals surface area (Å²) in [6, 6.07) is 9.97. The molecule has 0 saturated heterocycles. The Hall–Kier alpha value is -1.42. The van der Waals surface area contributed by atoms with Gasteiger partial charge in [-0.1, -0.05) is 42.1 Å². The van der Waals surface area contributed by atoms with Gasteiger partial charge in [-0.05, 0) is 13.2 Å². The van der Waals surface area contributed by atoms with Crippen LogP contribution < -0.4 is 0 Å². The number of aromatic nitrogens is 3. The van der Waals surface area contributed by atoms with Crippen molar-refractivity contribution in [2.24, 2.45) is 0 Å². The SMILES string of the molecule is CSc1nnc(-c2ccccc2)c(C)n1. The summed E-state index contributed by atoms with van der Waals surface area (Å²) < 4.78 is 0. The number of nitrogens with zero attached hydrogens (tertiary/aromatic N) is 3. The van der Waals surface area contributed by atoms with E-state index < -0.39 is 0 Å². The molecule has 0 N–H and O–H groups in total. The molecule has 0 aliphatic carbocycles. The third-order valence-electron chi connectivity index (χ3n) is 2.07. The first kappa shape index (κ1) is 10.1. The molecule has 0 spiro atoms. The molecule has 3 nitrogen and oxygen atoms in total. The second kappa shape index (κ2) is 4.40. The van der Waals surface area contributed by atoms with Crippen molar-refractivity contribution in [2.45, 2.75) is 12.1 Å². The van der Waals surface area contributed by atoms with Crippen LogP contribution in [0, 0.1) is 6.92 Å². The Morgan fingerprint density at radius 1 is 1.07 bits per heavy atom. The maximum absolute atomic E-state index is 4.36. The molecule has 1 aromatic carbocycles. The van der Waals surface area contributed by atoms with Gasteiger partial charge in [-0.2, -0.15) is 0 Å². The lowest BCUT2D eigenvalue weighted by molar-refractivity contribution is 0.825. The highest BCUT2D eigenvalue weighted by Gasteiger charge is 2.06. The van der Waals surface area contributed by atoms with Gasteiger partial charge in [-0.3, -0.25) is 0 Å². The number of hydrogen-bond acceptors (Lipinski definition) is 4. The molecule has 0 atom stereocenters. The van der Waals surface area contributed by atoms with Gasteiger partial charge in [0.1, 0.15) is 5.69 Å². The van der Waals surface area contributed by atoms with Gasteiger partial charge in [0, 0.05) is 5.56 Å². The molecule has 2 rings (SSSR count). The van der Waals surface area contributed by atoms with Crippen LogP contribution in [0.2, 0.25) is 0 Å². The Morgan fingerprint density at radius 2 is 1.80 bits per heavy atom. The van der Waals surface area contributed by atoms with Crippen LogP contribution in [0.25, 0.3) is 11.3 Å². The zero-order chi connectivity index (χ0) is 10.7. The van der Waals surface area contributed by atoms with Crippen molar-refractivity contribution >= 4 is 11.8 Å². The fourth-order valence-corrected chi connectivity index (χ4v) is 1.68. The summed E-state index contributed by atoms with van der Waals surface area (Å²) in [4.78, 5) is 4.36. The van der Waals surface area contributed by atoms with Crippen LogP contribution in [0.1, 0.15) is 5.69 Å². The van der Waals surface area contributed by atoms with Gasteiger partial charge in [0.2, 0.25) is 5.16 Å². The average Bonchev–Trinajstić information content (AvgIpc) is 2.30. The molecule has 2 aromatic rings. The van der Waals surface area contributed by atoms with Crippen LogP contribution in [0.4, 0.5) is 0 Å². The summed E-state index contributed by atoms with van der Waals surface area (Å²) >= 11 is 1.50. The quantitative estimate of drug-likeness (QED) is 0.725. The van der Waals surface area contributed by atoms with Gasteiger partial charge in [-0.15, -0.1) is 10.2 Å². The summed E-state index contributed by atoms with van der Waals surface area (Å²) in [7, 11) is 0. The molecule has 15 heavy (non-hydrogen) atoms. The van der Waals surface area contributed by atoms with Gasteiger partial charge in [0.15, 0.2) is 0 Å². The second-order valence-corrected chi connectivity index (χ2v) is 3.87. The normalized spacial score (nSPS) is 10.3. The fraction of sp³-hybridized carbons (Fsp3) is 0.182. The van der Waals surface area contributed by atoms with E-state index in [-0.39, 0.29) is 0 Å². The molecule has 0 aliphatic heterocycles. The monoisotopic (exact) mass is 217 g/mol. The van der Waals surface area contributed by atoms with Crippen LogP contribution in [0.15, 0.2) is 35.5 Å². The van der Waals surface area contributed by atoms with Crippen LogP contribution in [0.5, 0.6) is 0 Å². The van der Waals surface area contributed by atoms with Crippen molar-refractivity contribution in [3.63, 3.8) is 0 Å². The van der Waals surface area contributed by atoms with E-state index in [4.69, 9.17) is 0 Å². The smallest absolute Gasteiger partial charge is 0.209 e. The first-order valence-electron chi connectivity index (χ1n) is 4.62. The molecule has 4 heteroatoms. The van der Waals surface area contributed by atoms with Crippen molar-refractivity contribution < 1.29 is 0 Å². The van der Waals surface area contributed by atoms with E-state index in [1.54, 1.807) is 0 Å². The number of rotatable bonds is 2. The minimum Gasteiger partial charge on any atom is -0.224 e. The van der Waals surface area contributed by atoms with Gasteiger partial charge in [-0.25, -0.2) is 4.98 Å². The van der Waals surface area contributed by atoms with Crippen molar-refractivity contribution in [2.75, 3.05) is 6.26 Å². The van der Waals surface area contributed by atoms with Gasteiger partial charge in [0.25, 0.3) is 0 Å². The molecule has 0 unspecified atom stereocenters. The first-order valence-corrected chi connectivity index (χ1v) is 5.84. The topological polar surface area (TPSA) is 38.7 Å². The highest BCUT2D eigenvalue weighted by molar-refractivity contribution is 7.98. The average molecular weight is 217 g/mol. The third kappa shape index (κ3) is 2.15. The summed E-state index contributed by atoms with van der Waals surface area (Å²) in [5, 5.41) is 8.94. The van der Waals surface area contributed by atoms with E-state index in [9.17, 15) is 0 Å². The molecular formula is C11H11N3S. The highest BCUT2D eigenvalue weighted by Crippen LogP contribution is 2.19. The predicted octanol–water partition coefficient (Wildman–Crippen LogP) is 2.57. The van der Waals surface area contributed by atoms with Crippen molar-refractivity contribution in [1.29, 1.82) is 0 Å². The lowest BCUT2D eigenvalue weighted by Gasteiger charge is -2.03. The highest BCUT2D eigenvalue weighted by atomic mass is 32.2. The molecule has 0 radical (unpaired) electrons. The molecule has 0 saturated carbocycles. The predicted molar refractivity (Wildman–Crippen MR) is 61.8 cm³/mol.